The molecule has 0 atom stereocenters. The molecule has 0 aliphatic heterocycles. The lowest BCUT2D eigenvalue weighted by Gasteiger charge is -2.16. The Morgan fingerprint density at radius 1 is 0.962 bits per heavy atom. The van der Waals surface area contributed by atoms with Gasteiger partial charge in [-0.1, -0.05) is 0 Å². The van der Waals surface area contributed by atoms with E-state index in [9.17, 15) is 0 Å². The monoisotopic (exact) mass is 380 g/mol. The smallest absolute Gasteiger partial charge is 0.203 e. The lowest BCUT2D eigenvalue weighted by atomic mass is 10.1. The molecule has 26 heavy (non-hydrogen) atoms. The molecule has 0 saturated heterocycles. The number of likely N-dealkylation sites (N-methyl/N-ethyl adjacent to an activating group) is 1. The summed E-state index contributed by atoms with van der Waals surface area (Å²) < 4.78 is 22.1. The number of nitrogens with one attached hydrogen (secondary N) is 1. The summed E-state index contributed by atoms with van der Waals surface area (Å²) in [6.07, 6.45) is 5.80. The van der Waals surface area contributed by atoms with E-state index in [1.165, 1.54) is 0 Å². The zero-order valence-electron chi connectivity index (χ0n) is 15.5. The summed E-state index contributed by atoms with van der Waals surface area (Å²) >= 11 is 0. The molecule has 0 amide bonds. The van der Waals surface area contributed by atoms with Crippen LogP contribution in [0.2, 0.25) is 0 Å². The molecule has 0 spiro atoms. The first kappa shape index (κ1) is 20.1. The second-order valence-corrected chi connectivity index (χ2v) is 6.14. The fourth-order valence-corrected chi connectivity index (χ4v) is 2.74. The van der Waals surface area contributed by atoms with Crippen molar-refractivity contribution in [1.82, 2.24) is 10.3 Å². The van der Waals surface area contributed by atoms with Crippen LogP contribution in [0.4, 0.5) is 0 Å². The number of halogens is 1. The highest BCUT2D eigenvalue weighted by Gasteiger charge is 2.41. The van der Waals surface area contributed by atoms with Gasteiger partial charge in [-0.3, -0.25) is 4.98 Å². The summed E-state index contributed by atoms with van der Waals surface area (Å²) in [5.41, 5.74) is 1.97. The van der Waals surface area contributed by atoms with Crippen molar-refractivity contribution < 1.29 is 18.9 Å². The predicted molar refractivity (Wildman–Crippen MR) is 103 cm³/mol. The maximum absolute atomic E-state index is 5.93. The summed E-state index contributed by atoms with van der Waals surface area (Å²) in [6, 6.07) is 5.77. The quantitative estimate of drug-likeness (QED) is 0.758. The van der Waals surface area contributed by atoms with Crippen molar-refractivity contribution in [1.29, 1.82) is 0 Å². The summed E-state index contributed by atoms with van der Waals surface area (Å²) in [5, 5.41) is 3.32. The molecule has 0 unspecified atom stereocenters. The van der Waals surface area contributed by atoms with Crippen LogP contribution >= 0.6 is 12.4 Å². The van der Waals surface area contributed by atoms with Gasteiger partial charge in [-0.15, -0.1) is 12.4 Å². The number of hydrogen-bond acceptors (Lipinski definition) is 6. The van der Waals surface area contributed by atoms with Crippen molar-refractivity contribution >= 4 is 12.4 Å². The van der Waals surface area contributed by atoms with E-state index in [1.54, 1.807) is 33.7 Å². The van der Waals surface area contributed by atoms with E-state index in [-0.39, 0.29) is 17.9 Å². The third kappa shape index (κ3) is 4.14. The van der Waals surface area contributed by atoms with Gasteiger partial charge in [0.25, 0.3) is 0 Å². The first-order valence-corrected chi connectivity index (χ1v) is 8.22. The minimum absolute atomic E-state index is 0. The molecule has 0 radical (unpaired) electrons. The van der Waals surface area contributed by atoms with Crippen LogP contribution in [0.25, 0.3) is 11.1 Å². The van der Waals surface area contributed by atoms with Gasteiger partial charge in [-0.25, -0.2) is 0 Å². The number of aromatic nitrogens is 1. The molecule has 1 saturated carbocycles. The van der Waals surface area contributed by atoms with Crippen molar-refractivity contribution in [2.75, 3.05) is 35.0 Å². The topological polar surface area (TPSA) is 61.8 Å². The normalized spacial score (nSPS) is 14.2. The van der Waals surface area contributed by atoms with Crippen LogP contribution in [0.1, 0.15) is 12.8 Å². The molecule has 0 bridgehead atoms. The number of nitrogens with zero attached hydrogens (tertiary/aromatic N) is 1. The molecule has 2 aromatic rings. The number of ether oxygens (including phenoxy) is 4. The third-order valence-corrected chi connectivity index (χ3v) is 4.61. The first-order valence-electron chi connectivity index (χ1n) is 8.22. The molecule has 7 heteroatoms. The summed E-state index contributed by atoms with van der Waals surface area (Å²) in [5.74, 6) is 2.53. The van der Waals surface area contributed by atoms with Crippen molar-refractivity contribution in [3.8, 4) is 34.1 Å². The largest absolute Gasteiger partial charge is 0.493 e. The van der Waals surface area contributed by atoms with Gasteiger partial charge in [-0.05, 0) is 43.7 Å². The Morgan fingerprint density at radius 3 is 2.12 bits per heavy atom. The zero-order valence-corrected chi connectivity index (χ0v) is 16.3. The SMILES string of the molecule is CNC1(COc2cncc(-c3cc(OC)c(OC)c(OC)c3)c2)CC1.Cl. The van der Waals surface area contributed by atoms with Crippen molar-refractivity contribution in [2.45, 2.75) is 18.4 Å². The third-order valence-electron chi connectivity index (χ3n) is 4.61. The average molecular weight is 381 g/mol. The Labute approximate surface area is 160 Å². The van der Waals surface area contributed by atoms with Crippen LogP contribution in [-0.4, -0.2) is 45.5 Å². The number of benzene rings is 1. The Hall–Kier alpha value is -2.18. The number of hydrogen-bond donors (Lipinski definition) is 1. The second kappa shape index (κ2) is 8.47. The van der Waals surface area contributed by atoms with E-state index in [2.05, 4.69) is 10.3 Å². The maximum Gasteiger partial charge on any atom is 0.203 e. The molecule has 1 aliphatic carbocycles. The van der Waals surface area contributed by atoms with Crippen molar-refractivity contribution in [3.63, 3.8) is 0 Å². The van der Waals surface area contributed by atoms with E-state index >= 15 is 0 Å². The number of pyridine rings is 1. The van der Waals surface area contributed by atoms with Gasteiger partial charge in [0.2, 0.25) is 5.75 Å². The van der Waals surface area contributed by atoms with E-state index < -0.39 is 0 Å². The first-order chi connectivity index (χ1) is 12.1. The van der Waals surface area contributed by atoms with E-state index in [0.717, 1.165) is 29.7 Å². The van der Waals surface area contributed by atoms with Crippen LogP contribution in [0.3, 0.4) is 0 Å². The fraction of sp³-hybridized carbons (Fsp3) is 0.421. The van der Waals surface area contributed by atoms with Gasteiger partial charge in [0.05, 0.1) is 33.1 Å². The molecule has 3 rings (SSSR count). The van der Waals surface area contributed by atoms with Gasteiger partial charge in [0, 0.05) is 11.8 Å². The standard InChI is InChI=1S/C19H24N2O4.ClH/c1-20-19(5-6-19)12-25-15-7-14(10-21-11-15)13-8-16(22-2)18(24-4)17(9-13)23-3;/h7-11,20H,5-6,12H2,1-4H3;1H. The summed E-state index contributed by atoms with van der Waals surface area (Å²) in [6.45, 7) is 0.643. The minimum Gasteiger partial charge on any atom is -0.493 e. The summed E-state index contributed by atoms with van der Waals surface area (Å²) in [7, 11) is 6.77. The molecule has 142 valence electrons. The molecule has 6 nitrogen and oxygen atoms in total. The van der Waals surface area contributed by atoms with Gasteiger partial charge >= 0.3 is 0 Å². The Balaban J connectivity index is 0.00000243. The molecular formula is C19H25ClN2O4. The maximum atomic E-state index is 5.93. The molecule has 1 aliphatic rings. The summed E-state index contributed by atoms with van der Waals surface area (Å²) in [4.78, 5) is 4.30. The Bertz CT molecular complexity index is 725. The molecular weight excluding hydrogens is 356 g/mol. The van der Waals surface area contributed by atoms with Crippen LogP contribution in [0.15, 0.2) is 30.6 Å². The number of methoxy groups -OCH3 is 3. The molecule has 1 aromatic carbocycles. The lowest BCUT2D eigenvalue weighted by molar-refractivity contribution is 0.259. The molecule has 1 N–H and O–H groups in total. The van der Waals surface area contributed by atoms with Crippen LogP contribution in [0, 0.1) is 0 Å². The van der Waals surface area contributed by atoms with Gasteiger partial charge in [-0.2, -0.15) is 0 Å². The minimum atomic E-state index is 0. The Kier molecular flexibility index (Phi) is 6.56. The highest BCUT2D eigenvalue weighted by Crippen LogP contribution is 2.41. The molecule has 1 fully saturated rings. The van der Waals surface area contributed by atoms with Gasteiger partial charge in [0.1, 0.15) is 12.4 Å². The second-order valence-electron chi connectivity index (χ2n) is 6.14. The van der Waals surface area contributed by atoms with Crippen LogP contribution < -0.4 is 24.3 Å². The van der Waals surface area contributed by atoms with E-state index in [0.29, 0.717) is 23.9 Å². The van der Waals surface area contributed by atoms with Crippen molar-refractivity contribution in [3.05, 3.63) is 30.6 Å². The van der Waals surface area contributed by atoms with Crippen molar-refractivity contribution in [2.24, 2.45) is 0 Å². The lowest BCUT2D eigenvalue weighted by Crippen LogP contribution is -2.33. The Morgan fingerprint density at radius 2 is 1.62 bits per heavy atom. The zero-order chi connectivity index (χ0) is 17.9. The van der Waals surface area contributed by atoms with E-state index in [4.69, 9.17) is 18.9 Å². The molecule has 1 heterocycles. The fourth-order valence-electron chi connectivity index (χ4n) is 2.74. The van der Waals surface area contributed by atoms with Gasteiger partial charge < -0.3 is 24.3 Å². The average Bonchev–Trinajstić information content (AvgIpc) is 3.46. The van der Waals surface area contributed by atoms with Crippen LogP contribution in [-0.2, 0) is 0 Å². The highest BCUT2D eigenvalue weighted by molar-refractivity contribution is 5.85. The predicted octanol–water partition coefficient (Wildman–Crippen LogP) is 3.33. The van der Waals surface area contributed by atoms with E-state index in [1.807, 2.05) is 25.2 Å². The molecule has 1 aromatic heterocycles. The van der Waals surface area contributed by atoms with Gasteiger partial charge in [0.15, 0.2) is 11.5 Å². The van der Waals surface area contributed by atoms with Crippen LogP contribution in [0.5, 0.6) is 23.0 Å². The highest BCUT2D eigenvalue weighted by atomic mass is 35.5. The number of rotatable bonds is 8.